The van der Waals surface area contributed by atoms with E-state index in [1.165, 1.54) is 22.3 Å². The van der Waals surface area contributed by atoms with Crippen LogP contribution in [0.1, 0.15) is 90.5 Å². The van der Waals surface area contributed by atoms with E-state index in [0.717, 1.165) is 12.8 Å². The zero-order valence-corrected chi connectivity index (χ0v) is 20.6. The lowest BCUT2D eigenvalue weighted by Gasteiger charge is -2.27. The summed E-state index contributed by atoms with van der Waals surface area (Å²) in [5, 5.41) is 9.72. The Kier molecular flexibility index (Phi) is 8.72. The zero-order valence-electron chi connectivity index (χ0n) is 20.6. The molecule has 0 aliphatic carbocycles. The van der Waals surface area contributed by atoms with Gasteiger partial charge in [0.25, 0.3) is 0 Å². The van der Waals surface area contributed by atoms with Gasteiger partial charge in [-0.15, -0.1) is 0 Å². The molecule has 0 aliphatic heterocycles. The summed E-state index contributed by atoms with van der Waals surface area (Å²) in [6.07, 6.45) is 1.64. The smallest absolute Gasteiger partial charge is 0.0550 e. The first-order valence-corrected chi connectivity index (χ1v) is 10.9. The molecule has 0 atom stereocenters. The first kappa shape index (κ1) is 25.4. The minimum Gasteiger partial charge on any atom is -0.393 e. The van der Waals surface area contributed by atoms with Crippen LogP contribution in [0.3, 0.4) is 0 Å². The van der Waals surface area contributed by atoms with Crippen LogP contribution >= 0.6 is 0 Å². The zero-order chi connectivity index (χ0) is 22.5. The largest absolute Gasteiger partial charge is 0.393 e. The van der Waals surface area contributed by atoms with Gasteiger partial charge in [-0.3, -0.25) is 0 Å². The van der Waals surface area contributed by atoms with Crippen molar-refractivity contribution in [2.75, 3.05) is 0 Å². The third kappa shape index (κ3) is 9.63. The predicted octanol–water partition coefficient (Wildman–Crippen LogP) is 7.85. The number of benzene rings is 2. The Balaban J connectivity index is 0.000000311. The summed E-state index contributed by atoms with van der Waals surface area (Å²) in [6.45, 7) is 21.8. The number of hydrogen-bond donors (Lipinski definition) is 1. The monoisotopic (exact) mass is 396 g/mol. The van der Waals surface area contributed by atoms with Crippen molar-refractivity contribution in [1.29, 1.82) is 0 Å². The van der Waals surface area contributed by atoms with Crippen LogP contribution in [0.25, 0.3) is 0 Å². The highest BCUT2D eigenvalue weighted by Gasteiger charge is 2.23. The van der Waals surface area contributed by atoms with Gasteiger partial charge in [0.05, 0.1) is 6.10 Å². The molecule has 1 nitrogen and oxygen atoms in total. The number of rotatable bonds is 4. The molecule has 0 amide bonds. The van der Waals surface area contributed by atoms with E-state index in [9.17, 15) is 5.11 Å². The van der Waals surface area contributed by atoms with Crippen molar-refractivity contribution in [3.05, 3.63) is 70.8 Å². The van der Waals surface area contributed by atoms with E-state index < -0.39 is 0 Å². The van der Waals surface area contributed by atoms with Crippen molar-refractivity contribution in [2.45, 2.75) is 93.6 Å². The molecule has 0 saturated heterocycles. The Morgan fingerprint density at radius 2 is 0.862 bits per heavy atom. The summed E-state index contributed by atoms with van der Waals surface area (Å²) >= 11 is 0. The SMILES string of the molecule is CC(C)(C)CC(O)CC(C)(C)C.Cc1ccc(C(C)(C)c2ccc(C)cc2)cc1. The Morgan fingerprint density at radius 3 is 1.10 bits per heavy atom. The first-order chi connectivity index (χ1) is 13.1. The third-order valence-corrected chi connectivity index (χ3v) is 5.24. The average molecular weight is 397 g/mol. The molecule has 1 N–H and O–H groups in total. The molecule has 29 heavy (non-hydrogen) atoms. The standard InChI is InChI=1S/C17H20.C11H24O/c1-13-5-9-15(10-6-13)17(3,4)16-11-7-14(2)8-12-16;1-10(2,3)7-9(12)8-11(4,5)6/h5-12H,1-4H3;9,12H,7-8H2,1-6H3. The fraction of sp³-hybridized carbons (Fsp3) is 0.571. The lowest BCUT2D eigenvalue weighted by atomic mass is 9.78. The van der Waals surface area contributed by atoms with Gasteiger partial charge in [0.15, 0.2) is 0 Å². The van der Waals surface area contributed by atoms with Gasteiger partial charge >= 0.3 is 0 Å². The van der Waals surface area contributed by atoms with Crippen molar-refractivity contribution >= 4 is 0 Å². The van der Waals surface area contributed by atoms with Crippen LogP contribution < -0.4 is 0 Å². The maximum Gasteiger partial charge on any atom is 0.0550 e. The van der Waals surface area contributed by atoms with Crippen molar-refractivity contribution in [2.24, 2.45) is 10.8 Å². The molecule has 162 valence electrons. The first-order valence-electron chi connectivity index (χ1n) is 10.9. The molecular formula is C28H44O. The highest BCUT2D eigenvalue weighted by Crippen LogP contribution is 2.31. The van der Waals surface area contributed by atoms with E-state index in [1.807, 2.05) is 0 Å². The minimum atomic E-state index is -0.148. The molecule has 0 spiro atoms. The molecule has 0 fully saturated rings. The Labute approximate surface area is 180 Å². The lowest BCUT2D eigenvalue weighted by Crippen LogP contribution is -2.22. The van der Waals surface area contributed by atoms with Gasteiger partial charge < -0.3 is 5.11 Å². The van der Waals surface area contributed by atoms with E-state index in [0.29, 0.717) is 0 Å². The van der Waals surface area contributed by atoms with Gasteiger partial charge in [0.2, 0.25) is 0 Å². The van der Waals surface area contributed by atoms with Crippen LogP contribution in [0.15, 0.2) is 48.5 Å². The van der Waals surface area contributed by atoms with E-state index in [2.05, 4.69) is 118 Å². The summed E-state index contributed by atoms with van der Waals surface area (Å²) < 4.78 is 0. The quantitative estimate of drug-likeness (QED) is 0.558. The predicted molar refractivity (Wildman–Crippen MR) is 129 cm³/mol. The summed E-state index contributed by atoms with van der Waals surface area (Å²) in [7, 11) is 0. The molecule has 0 bridgehead atoms. The second-order valence-electron chi connectivity index (χ2n) is 11.5. The minimum absolute atomic E-state index is 0.0708. The van der Waals surface area contributed by atoms with Crippen LogP contribution in [0, 0.1) is 24.7 Å². The molecular weight excluding hydrogens is 352 g/mol. The molecule has 1 heteroatoms. The molecule has 2 rings (SSSR count). The summed E-state index contributed by atoms with van der Waals surface area (Å²) in [6, 6.07) is 17.7. The van der Waals surface area contributed by atoms with E-state index >= 15 is 0 Å². The second kappa shape index (κ2) is 9.94. The van der Waals surface area contributed by atoms with Crippen LogP contribution in [-0.4, -0.2) is 11.2 Å². The Morgan fingerprint density at radius 1 is 0.586 bits per heavy atom. The van der Waals surface area contributed by atoms with Gasteiger partial charge in [-0.05, 0) is 48.6 Å². The van der Waals surface area contributed by atoms with Crippen molar-refractivity contribution in [3.8, 4) is 0 Å². The maximum absolute atomic E-state index is 9.72. The van der Waals surface area contributed by atoms with E-state index in [1.54, 1.807) is 0 Å². The summed E-state index contributed by atoms with van der Waals surface area (Å²) in [5.74, 6) is 0. The number of aliphatic hydroxyl groups is 1. The summed E-state index contributed by atoms with van der Waals surface area (Å²) in [5.41, 5.74) is 5.91. The molecule has 0 radical (unpaired) electrons. The molecule has 0 heterocycles. The van der Waals surface area contributed by atoms with E-state index in [-0.39, 0.29) is 22.3 Å². The number of aliphatic hydroxyl groups excluding tert-OH is 1. The molecule has 0 unspecified atom stereocenters. The molecule has 0 aromatic heterocycles. The van der Waals surface area contributed by atoms with Crippen LogP contribution in [0.4, 0.5) is 0 Å². The maximum atomic E-state index is 9.72. The molecule has 2 aromatic carbocycles. The molecule has 2 aromatic rings. The van der Waals surface area contributed by atoms with Crippen molar-refractivity contribution < 1.29 is 5.11 Å². The molecule has 0 aliphatic rings. The fourth-order valence-corrected chi connectivity index (χ4v) is 3.59. The van der Waals surface area contributed by atoms with Crippen LogP contribution in [0.5, 0.6) is 0 Å². The van der Waals surface area contributed by atoms with Crippen molar-refractivity contribution in [1.82, 2.24) is 0 Å². The fourth-order valence-electron chi connectivity index (χ4n) is 3.59. The lowest BCUT2D eigenvalue weighted by molar-refractivity contribution is 0.0807. The molecule has 0 saturated carbocycles. The summed E-state index contributed by atoms with van der Waals surface area (Å²) in [4.78, 5) is 0. The van der Waals surface area contributed by atoms with Gasteiger partial charge in [0, 0.05) is 5.41 Å². The number of aryl methyl sites for hydroxylation is 2. The highest BCUT2D eigenvalue weighted by molar-refractivity contribution is 5.39. The topological polar surface area (TPSA) is 20.2 Å². The second-order valence-corrected chi connectivity index (χ2v) is 11.5. The number of hydrogen-bond acceptors (Lipinski definition) is 1. The Hall–Kier alpha value is -1.60. The Bertz CT molecular complexity index is 658. The third-order valence-electron chi connectivity index (χ3n) is 5.24. The van der Waals surface area contributed by atoms with Gasteiger partial charge in [-0.2, -0.15) is 0 Å². The van der Waals surface area contributed by atoms with Crippen LogP contribution in [-0.2, 0) is 5.41 Å². The van der Waals surface area contributed by atoms with Gasteiger partial charge in [-0.25, -0.2) is 0 Å². The van der Waals surface area contributed by atoms with E-state index in [4.69, 9.17) is 0 Å². The van der Waals surface area contributed by atoms with Crippen LogP contribution in [0.2, 0.25) is 0 Å². The normalized spacial score (nSPS) is 12.6. The highest BCUT2D eigenvalue weighted by atomic mass is 16.3. The average Bonchev–Trinajstić information content (AvgIpc) is 2.52. The van der Waals surface area contributed by atoms with Crippen molar-refractivity contribution in [3.63, 3.8) is 0 Å². The van der Waals surface area contributed by atoms with Gasteiger partial charge in [0.1, 0.15) is 0 Å². The van der Waals surface area contributed by atoms with Gasteiger partial charge in [-0.1, -0.05) is 115 Å².